The first-order valence-corrected chi connectivity index (χ1v) is 18.3. The zero-order valence-corrected chi connectivity index (χ0v) is 30.1. The number of pyridine rings is 2. The molecule has 0 aliphatic rings. The highest BCUT2D eigenvalue weighted by atomic mass is 16.5. The van der Waals surface area contributed by atoms with Gasteiger partial charge >= 0.3 is 0 Å². The molecule has 0 bridgehead atoms. The lowest BCUT2D eigenvalue weighted by Crippen LogP contribution is -1.97. The van der Waals surface area contributed by atoms with Gasteiger partial charge in [-0.15, -0.1) is 0 Å². The normalized spacial score (nSPS) is 11.5. The van der Waals surface area contributed by atoms with E-state index in [1.54, 1.807) is 31.1 Å². The lowest BCUT2D eigenvalue weighted by atomic mass is 10.1. The first kappa shape index (κ1) is 32.3. The average molecular weight is 740 g/mol. The van der Waals surface area contributed by atoms with Gasteiger partial charge in [0.2, 0.25) is 0 Å². The summed E-state index contributed by atoms with van der Waals surface area (Å²) in [5.74, 6) is 4.54. The Morgan fingerprint density at radius 2 is 0.947 bits per heavy atom. The second kappa shape index (κ2) is 13.3. The summed E-state index contributed by atoms with van der Waals surface area (Å²) in [7, 11) is 0. The number of hydrogen-bond donors (Lipinski definition) is 0. The zero-order valence-electron chi connectivity index (χ0n) is 30.1. The zero-order chi connectivity index (χ0) is 37.7. The highest BCUT2D eigenvalue weighted by molar-refractivity contribution is 6.10. The molecular weight excluding hydrogens is 711 g/mol. The third kappa shape index (κ3) is 5.71. The van der Waals surface area contributed by atoms with Crippen LogP contribution in [0.2, 0.25) is 0 Å². The van der Waals surface area contributed by atoms with E-state index < -0.39 is 0 Å². The van der Waals surface area contributed by atoms with Crippen LogP contribution in [0.3, 0.4) is 0 Å². The van der Waals surface area contributed by atoms with Gasteiger partial charge in [-0.1, -0.05) is 48.5 Å². The van der Waals surface area contributed by atoms with E-state index in [-0.39, 0.29) is 0 Å². The molecule has 6 aromatic heterocycles. The van der Waals surface area contributed by atoms with Crippen molar-refractivity contribution in [3.05, 3.63) is 177 Å². The quantitative estimate of drug-likeness (QED) is 0.152. The van der Waals surface area contributed by atoms with E-state index in [2.05, 4.69) is 72.6 Å². The first-order valence-electron chi connectivity index (χ1n) is 18.3. The number of ether oxygens (including phenoxy) is 2. The van der Waals surface area contributed by atoms with E-state index in [0.717, 1.165) is 60.8 Å². The van der Waals surface area contributed by atoms with Gasteiger partial charge < -0.3 is 13.9 Å². The van der Waals surface area contributed by atoms with E-state index in [9.17, 15) is 0 Å². The Morgan fingerprint density at radius 3 is 1.46 bits per heavy atom. The van der Waals surface area contributed by atoms with Gasteiger partial charge in [0, 0.05) is 75.7 Å². The summed E-state index contributed by atoms with van der Waals surface area (Å²) >= 11 is 0. The maximum Gasteiger partial charge on any atom is 0.181 e. The summed E-state index contributed by atoms with van der Waals surface area (Å²) in [6.45, 7) is 0. The van der Waals surface area contributed by atoms with Crippen molar-refractivity contribution in [3.8, 4) is 57.3 Å². The molecule has 0 spiro atoms. The molecule has 0 amide bonds. The number of hydrogen-bond acceptors (Lipinski definition) is 8. The Labute approximate surface area is 324 Å². The van der Waals surface area contributed by atoms with Crippen LogP contribution in [0, 0.1) is 0 Å². The Morgan fingerprint density at radius 1 is 0.421 bits per heavy atom. The number of nitrogens with zero attached hydrogens (tertiary/aromatic N) is 7. The molecule has 6 heterocycles. The van der Waals surface area contributed by atoms with Gasteiger partial charge in [0.15, 0.2) is 12.2 Å². The van der Waals surface area contributed by atoms with Crippen molar-refractivity contribution in [2.24, 2.45) is 0 Å². The van der Waals surface area contributed by atoms with E-state index in [4.69, 9.17) is 23.9 Å². The second-order valence-electron chi connectivity index (χ2n) is 13.5. The molecule has 10 nitrogen and oxygen atoms in total. The van der Waals surface area contributed by atoms with Crippen molar-refractivity contribution in [3.63, 3.8) is 0 Å². The Bertz CT molecular complexity index is 3060. The summed E-state index contributed by atoms with van der Waals surface area (Å²) in [5, 5.41) is 4.46. The fourth-order valence-electron chi connectivity index (χ4n) is 7.55. The average Bonchev–Trinajstić information content (AvgIpc) is 4.00. The molecule has 0 aliphatic carbocycles. The standard InChI is InChI=1S/C47H29N7O3/c1-3-11-41-36(9-1)38-17-15-32(24-43(38)53(41)45-13-5-7-19-48-45)56-34-21-30(47-50-26-31(27-51-47)40-28-55-29-52-40)22-35(23-34)57-33-16-18-39-37-10-2-4-12-42(37)54(44(39)25-33)46-14-6-8-20-49-46/h1-29H. The number of rotatable bonds is 8. The van der Waals surface area contributed by atoms with Crippen molar-refractivity contribution in [2.75, 3.05) is 0 Å². The van der Waals surface area contributed by atoms with Crippen molar-refractivity contribution in [2.45, 2.75) is 0 Å². The summed E-state index contributed by atoms with van der Waals surface area (Å²) in [5.41, 5.74) is 6.18. The molecule has 270 valence electrons. The molecular formula is C47H29N7O3. The predicted molar refractivity (Wildman–Crippen MR) is 220 cm³/mol. The van der Waals surface area contributed by atoms with Crippen LogP contribution in [0.5, 0.6) is 23.0 Å². The van der Waals surface area contributed by atoms with Gasteiger partial charge in [-0.3, -0.25) is 9.13 Å². The fraction of sp³-hybridized carbons (Fsp3) is 0. The monoisotopic (exact) mass is 739 g/mol. The maximum absolute atomic E-state index is 6.68. The number of aromatic nitrogens is 7. The molecule has 0 aliphatic heterocycles. The molecule has 0 unspecified atom stereocenters. The van der Waals surface area contributed by atoms with Crippen molar-refractivity contribution in [1.29, 1.82) is 0 Å². The minimum absolute atomic E-state index is 0.494. The lowest BCUT2D eigenvalue weighted by molar-refractivity contribution is 0.461. The molecule has 0 saturated carbocycles. The third-order valence-corrected chi connectivity index (χ3v) is 10.0. The topological polar surface area (TPSA) is 106 Å². The van der Waals surface area contributed by atoms with Crippen LogP contribution in [-0.4, -0.2) is 34.1 Å². The molecule has 0 radical (unpaired) electrons. The molecule has 10 heteroatoms. The molecule has 11 aromatic rings. The highest BCUT2D eigenvalue weighted by Gasteiger charge is 2.17. The molecule has 0 fully saturated rings. The van der Waals surface area contributed by atoms with Crippen molar-refractivity contribution < 1.29 is 13.9 Å². The van der Waals surface area contributed by atoms with Crippen molar-refractivity contribution >= 4 is 43.6 Å². The van der Waals surface area contributed by atoms with Gasteiger partial charge in [-0.2, -0.15) is 0 Å². The second-order valence-corrected chi connectivity index (χ2v) is 13.5. The Hall–Kier alpha value is -8.11. The summed E-state index contributed by atoms with van der Waals surface area (Å²) in [6, 6.07) is 46.5. The van der Waals surface area contributed by atoms with Crippen LogP contribution in [0.15, 0.2) is 181 Å². The number of benzene rings is 5. The van der Waals surface area contributed by atoms with Crippen LogP contribution >= 0.6 is 0 Å². The van der Waals surface area contributed by atoms with E-state index in [0.29, 0.717) is 40.1 Å². The van der Waals surface area contributed by atoms with Gasteiger partial charge in [0.1, 0.15) is 46.6 Å². The van der Waals surface area contributed by atoms with Gasteiger partial charge in [-0.25, -0.2) is 24.9 Å². The van der Waals surface area contributed by atoms with Gasteiger partial charge in [0.05, 0.1) is 22.1 Å². The van der Waals surface area contributed by atoms with Crippen LogP contribution < -0.4 is 9.47 Å². The summed E-state index contributed by atoms with van der Waals surface area (Å²) in [6.07, 6.45) is 10.0. The molecule has 5 aromatic carbocycles. The van der Waals surface area contributed by atoms with E-state index in [1.807, 2.05) is 91.0 Å². The lowest BCUT2D eigenvalue weighted by Gasteiger charge is -2.13. The first-order chi connectivity index (χ1) is 28.2. The van der Waals surface area contributed by atoms with Crippen LogP contribution in [0.25, 0.3) is 77.9 Å². The van der Waals surface area contributed by atoms with Gasteiger partial charge in [-0.05, 0) is 72.8 Å². The largest absolute Gasteiger partial charge is 0.457 e. The molecule has 0 atom stereocenters. The summed E-state index contributed by atoms with van der Waals surface area (Å²) in [4.78, 5) is 23.0. The molecule has 0 saturated heterocycles. The number of oxazole rings is 1. The van der Waals surface area contributed by atoms with Crippen LogP contribution in [0.1, 0.15) is 0 Å². The van der Waals surface area contributed by atoms with Crippen LogP contribution in [-0.2, 0) is 0 Å². The van der Waals surface area contributed by atoms with Crippen LogP contribution in [0.4, 0.5) is 0 Å². The number of para-hydroxylation sites is 2. The predicted octanol–water partition coefficient (Wildman–Crippen LogP) is 11.4. The third-order valence-electron chi connectivity index (χ3n) is 10.0. The minimum atomic E-state index is 0.494. The van der Waals surface area contributed by atoms with E-state index >= 15 is 0 Å². The fourth-order valence-corrected chi connectivity index (χ4v) is 7.55. The highest BCUT2D eigenvalue weighted by Crippen LogP contribution is 2.39. The molecule has 57 heavy (non-hydrogen) atoms. The number of fused-ring (bicyclic) bond motifs is 6. The smallest absolute Gasteiger partial charge is 0.181 e. The van der Waals surface area contributed by atoms with E-state index in [1.165, 1.54) is 6.39 Å². The molecule has 11 rings (SSSR count). The maximum atomic E-state index is 6.68. The SMILES string of the molecule is c1ccc(-n2c3ccccc3c3ccc(Oc4cc(Oc5ccc6c7ccccc7n(-c7ccccn7)c6c5)cc(-c5ncc(-c6cocn6)cn5)c4)cc32)nc1. The van der Waals surface area contributed by atoms with Crippen molar-refractivity contribution in [1.82, 2.24) is 34.1 Å². The van der Waals surface area contributed by atoms with Gasteiger partial charge in [0.25, 0.3) is 0 Å². The summed E-state index contributed by atoms with van der Waals surface area (Å²) < 4.78 is 22.9. The molecule has 0 N–H and O–H groups in total. The minimum Gasteiger partial charge on any atom is -0.457 e. The Balaban J connectivity index is 1.02. The Kier molecular flexibility index (Phi) is 7.56.